The Hall–Kier alpha value is -0.650. The Morgan fingerprint density at radius 3 is 0.960 bits per heavy atom. The first-order valence-corrected chi connectivity index (χ1v) is 22.8. The van der Waals surface area contributed by atoms with Crippen molar-refractivity contribution >= 4 is 5.91 Å². The number of aliphatic hydroxyl groups is 3. The molecule has 50 heavy (non-hydrogen) atoms. The van der Waals surface area contributed by atoms with Crippen LogP contribution in [0.1, 0.15) is 258 Å². The molecule has 300 valence electrons. The van der Waals surface area contributed by atoms with E-state index in [0.29, 0.717) is 12.8 Å². The van der Waals surface area contributed by atoms with E-state index in [4.69, 9.17) is 0 Å². The fraction of sp³-hybridized carbons (Fsp3) is 0.978. The molecule has 3 unspecified atom stereocenters. The molecule has 0 rings (SSSR count). The van der Waals surface area contributed by atoms with Gasteiger partial charge < -0.3 is 20.6 Å². The van der Waals surface area contributed by atoms with E-state index in [0.717, 1.165) is 25.7 Å². The average molecular weight is 710 g/mol. The van der Waals surface area contributed by atoms with Crippen LogP contribution in [-0.2, 0) is 4.79 Å². The van der Waals surface area contributed by atoms with Crippen LogP contribution in [0.15, 0.2) is 0 Å². The molecule has 0 saturated carbocycles. The lowest BCUT2D eigenvalue weighted by molar-refractivity contribution is -0.125. The van der Waals surface area contributed by atoms with E-state index < -0.39 is 18.2 Å². The highest BCUT2D eigenvalue weighted by atomic mass is 16.3. The van der Waals surface area contributed by atoms with E-state index in [1.54, 1.807) is 0 Å². The van der Waals surface area contributed by atoms with Gasteiger partial charge >= 0.3 is 0 Å². The molecule has 0 aromatic carbocycles. The number of carbonyl (C=O) groups is 1. The summed E-state index contributed by atoms with van der Waals surface area (Å²) in [5, 5.41) is 33.4. The zero-order valence-corrected chi connectivity index (χ0v) is 34.1. The monoisotopic (exact) mass is 710 g/mol. The standard InChI is InChI=1S/C45H91NO4/c1-3-5-7-9-11-13-15-17-18-19-20-21-22-23-24-25-27-28-30-32-34-36-38-42(48)40-45(50)46-43(41-47)44(49)39-37-35-33-31-29-26-16-14-12-10-8-6-4-2/h42-44,47-49H,3-41H2,1-2H3,(H,46,50). The van der Waals surface area contributed by atoms with Gasteiger partial charge in [-0.25, -0.2) is 0 Å². The number of hydrogen-bond donors (Lipinski definition) is 4. The lowest BCUT2D eigenvalue weighted by Crippen LogP contribution is -2.46. The molecular formula is C45H91NO4. The SMILES string of the molecule is CCCCCCCCCCCCCCCCCCCCCCCCC(O)CC(=O)NC(CO)C(O)CCCCCCCCCCCCCCC. The van der Waals surface area contributed by atoms with Gasteiger partial charge in [-0.15, -0.1) is 0 Å². The topological polar surface area (TPSA) is 89.8 Å². The molecule has 5 nitrogen and oxygen atoms in total. The van der Waals surface area contributed by atoms with Gasteiger partial charge in [-0.05, 0) is 12.8 Å². The lowest BCUT2D eigenvalue weighted by atomic mass is 10.0. The summed E-state index contributed by atoms with van der Waals surface area (Å²) in [5.41, 5.74) is 0. The number of hydrogen-bond acceptors (Lipinski definition) is 4. The number of rotatable bonds is 42. The van der Waals surface area contributed by atoms with Gasteiger partial charge in [0.15, 0.2) is 0 Å². The molecule has 0 spiro atoms. The van der Waals surface area contributed by atoms with Crippen LogP contribution in [0.25, 0.3) is 0 Å². The maximum Gasteiger partial charge on any atom is 0.222 e. The molecule has 0 radical (unpaired) electrons. The van der Waals surface area contributed by atoms with Crippen LogP contribution in [0.4, 0.5) is 0 Å². The summed E-state index contributed by atoms with van der Waals surface area (Å²) in [6.45, 7) is 4.28. The molecule has 0 aromatic heterocycles. The molecule has 0 heterocycles. The maximum absolute atomic E-state index is 12.4. The van der Waals surface area contributed by atoms with Crippen LogP contribution in [0.2, 0.25) is 0 Å². The molecule has 0 aliphatic rings. The minimum atomic E-state index is -0.743. The maximum atomic E-state index is 12.4. The van der Waals surface area contributed by atoms with E-state index in [9.17, 15) is 20.1 Å². The summed E-state index contributed by atoms with van der Waals surface area (Å²) in [6, 6.07) is -0.651. The van der Waals surface area contributed by atoms with Crippen molar-refractivity contribution in [2.45, 2.75) is 276 Å². The van der Waals surface area contributed by atoms with Crippen molar-refractivity contribution in [1.29, 1.82) is 0 Å². The predicted molar refractivity (Wildman–Crippen MR) is 218 cm³/mol. The van der Waals surface area contributed by atoms with Gasteiger partial charge in [-0.1, -0.05) is 239 Å². The second-order valence-electron chi connectivity index (χ2n) is 16.0. The predicted octanol–water partition coefficient (Wildman–Crippen LogP) is 13.0. The van der Waals surface area contributed by atoms with Crippen molar-refractivity contribution in [3.05, 3.63) is 0 Å². The lowest BCUT2D eigenvalue weighted by Gasteiger charge is -2.23. The Balaban J connectivity index is 3.53. The van der Waals surface area contributed by atoms with Gasteiger partial charge in [0.1, 0.15) is 0 Å². The zero-order valence-electron chi connectivity index (χ0n) is 34.1. The fourth-order valence-electron chi connectivity index (χ4n) is 7.41. The summed E-state index contributed by atoms with van der Waals surface area (Å²) in [7, 11) is 0. The number of unbranched alkanes of at least 4 members (excludes halogenated alkanes) is 33. The van der Waals surface area contributed by atoms with Gasteiger partial charge in [-0.3, -0.25) is 4.79 Å². The van der Waals surface area contributed by atoms with Gasteiger partial charge in [0.2, 0.25) is 5.91 Å². The van der Waals surface area contributed by atoms with Crippen LogP contribution in [0.5, 0.6) is 0 Å². The van der Waals surface area contributed by atoms with Crippen molar-refractivity contribution in [3.63, 3.8) is 0 Å². The van der Waals surface area contributed by atoms with E-state index in [1.807, 2.05) is 0 Å². The third-order valence-electron chi connectivity index (χ3n) is 10.9. The Bertz CT molecular complexity index is 659. The molecule has 3 atom stereocenters. The van der Waals surface area contributed by atoms with E-state index in [2.05, 4.69) is 19.2 Å². The summed E-state index contributed by atoms with van der Waals surface area (Å²) in [4.78, 5) is 12.4. The van der Waals surface area contributed by atoms with Crippen molar-refractivity contribution in [1.82, 2.24) is 5.32 Å². The second kappa shape index (κ2) is 41.1. The van der Waals surface area contributed by atoms with E-state index >= 15 is 0 Å². The van der Waals surface area contributed by atoms with E-state index in [-0.39, 0.29) is 18.9 Å². The van der Waals surface area contributed by atoms with Crippen molar-refractivity contribution in [2.24, 2.45) is 0 Å². The first-order valence-electron chi connectivity index (χ1n) is 22.8. The molecule has 0 aromatic rings. The first-order chi connectivity index (χ1) is 24.5. The molecule has 4 N–H and O–H groups in total. The molecular weight excluding hydrogens is 618 g/mol. The van der Waals surface area contributed by atoms with Crippen LogP contribution >= 0.6 is 0 Å². The molecule has 5 heteroatoms. The molecule has 0 bridgehead atoms. The molecule has 1 amide bonds. The quantitative estimate of drug-likeness (QED) is 0.0475. The van der Waals surface area contributed by atoms with Crippen LogP contribution < -0.4 is 5.32 Å². The molecule has 0 saturated heterocycles. The summed E-state index contributed by atoms with van der Waals surface area (Å²) in [6.07, 6.45) is 46.5. The van der Waals surface area contributed by atoms with E-state index in [1.165, 1.54) is 199 Å². The highest BCUT2D eigenvalue weighted by Gasteiger charge is 2.21. The Kier molecular flexibility index (Phi) is 40.6. The largest absolute Gasteiger partial charge is 0.394 e. The third-order valence-corrected chi connectivity index (χ3v) is 10.9. The van der Waals surface area contributed by atoms with Crippen LogP contribution in [0.3, 0.4) is 0 Å². The zero-order chi connectivity index (χ0) is 36.6. The smallest absolute Gasteiger partial charge is 0.222 e. The normalized spacial score (nSPS) is 13.5. The average Bonchev–Trinajstić information content (AvgIpc) is 3.11. The first kappa shape index (κ1) is 49.4. The highest BCUT2D eigenvalue weighted by Crippen LogP contribution is 2.17. The fourth-order valence-corrected chi connectivity index (χ4v) is 7.41. The number of nitrogens with one attached hydrogen (secondary N) is 1. The Morgan fingerprint density at radius 2 is 0.680 bits per heavy atom. The van der Waals surface area contributed by atoms with Crippen LogP contribution in [0, 0.1) is 0 Å². The number of carbonyl (C=O) groups excluding carboxylic acids is 1. The van der Waals surface area contributed by atoms with Crippen molar-refractivity contribution in [2.75, 3.05) is 6.61 Å². The summed E-state index contributed by atoms with van der Waals surface area (Å²) < 4.78 is 0. The molecule has 0 fully saturated rings. The summed E-state index contributed by atoms with van der Waals surface area (Å²) >= 11 is 0. The van der Waals surface area contributed by atoms with Crippen LogP contribution in [-0.4, -0.2) is 46.1 Å². The van der Waals surface area contributed by atoms with Crippen molar-refractivity contribution in [3.8, 4) is 0 Å². The second-order valence-corrected chi connectivity index (χ2v) is 16.0. The van der Waals surface area contributed by atoms with Crippen molar-refractivity contribution < 1.29 is 20.1 Å². The number of amides is 1. The molecule has 0 aliphatic heterocycles. The Morgan fingerprint density at radius 1 is 0.420 bits per heavy atom. The molecule has 0 aliphatic carbocycles. The van der Waals surface area contributed by atoms with Gasteiger partial charge in [0.05, 0.1) is 31.3 Å². The Labute approximate surface area is 313 Å². The van der Waals surface area contributed by atoms with Gasteiger partial charge in [0, 0.05) is 0 Å². The summed E-state index contributed by atoms with van der Waals surface area (Å²) in [5.74, 6) is -0.278. The number of aliphatic hydroxyl groups excluding tert-OH is 3. The highest BCUT2D eigenvalue weighted by molar-refractivity contribution is 5.76. The van der Waals surface area contributed by atoms with Gasteiger partial charge in [0.25, 0.3) is 0 Å². The minimum absolute atomic E-state index is 0.0429. The third kappa shape index (κ3) is 37.1. The van der Waals surface area contributed by atoms with Gasteiger partial charge in [-0.2, -0.15) is 0 Å². The minimum Gasteiger partial charge on any atom is -0.394 e.